The van der Waals surface area contributed by atoms with Gasteiger partial charge in [0.1, 0.15) is 5.82 Å². The van der Waals surface area contributed by atoms with E-state index in [1.807, 2.05) is 11.9 Å². The second-order valence-electron chi connectivity index (χ2n) is 6.36. The fourth-order valence-electron chi connectivity index (χ4n) is 3.14. The van der Waals surface area contributed by atoms with E-state index in [2.05, 4.69) is 0 Å². The predicted octanol–water partition coefficient (Wildman–Crippen LogP) is 0.739. The van der Waals surface area contributed by atoms with Crippen molar-refractivity contribution in [3.05, 3.63) is 35.1 Å². The Morgan fingerprint density at radius 2 is 2.04 bits per heavy atom. The Hall–Kier alpha value is -1.50. The zero-order valence-electron chi connectivity index (χ0n) is 13.7. The van der Waals surface area contributed by atoms with Crippen molar-refractivity contribution in [2.45, 2.75) is 6.92 Å². The maximum Gasteiger partial charge on any atom is 0.253 e. The lowest BCUT2D eigenvalue weighted by atomic mass is 9.96. The number of amides is 1. The average Bonchev–Trinajstić information content (AvgIpc) is 2.92. The van der Waals surface area contributed by atoms with Crippen LogP contribution in [0.15, 0.2) is 18.2 Å². The lowest BCUT2D eigenvalue weighted by Gasteiger charge is -2.23. The molecule has 1 amide bonds. The Bertz CT molecular complexity index is 553. The van der Waals surface area contributed by atoms with Gasteiger partial charge < -0.3 is 20.0 Å². The number of hydrogen-bond acceptors (Lipinski definition) is 4. The molecule has 0 saturated carbocycles. The van der Waals surface area contributed by atoms with E-state index in [0.29, 0.717) is 30.8 Å². The Morgan fingerprint density at radius 1 is 1.35 bits per heavy atom. The number of carbonyl (C=O) groups is 1. The van der Waals surface area contributed by atoms with Crippen LogP contribution in [0, 0.1) is 24.6 Å². The Balaban J connectivity index is 2.05. The van der Waals surface area contributed by atoms with E-state index in [-0.39, 0.29) is 36.8 Å². The summed E-state index contributed by atoms with van der Waals surface area (Å²) in [4.78, 5) is 16.3. The highest BCUT2D eigenvalue weighted by atomic mass is 19.1. The fraction of sp³-hybridized carbons (Fsp3) is 0.588. The molecule has 1 aliphatic rings. The number of aliphatic hydroxyl groups excluding tert-OH is 2. The third-order valence-corrected chi connectivity index (χ3v) is 4.53. The van der Waals surface area contributed by atoms with Crippen molar-refractivity contribution in [2.75, 3.05) is 46.4 Å². The number of aryl methyl sites for hydroxylation is 1. The molecule has 0 aromatic heterocycles. The van der Waals surface area contributed by atoms with Crippen molar-refractivity contribution >= 4 is 5.91 Å². The molecule has 0 radical (unpaired) electrons. The van der Waals surface area contributed by atoms with Gasteiger partial charge in [-0.05, 0) is 43.7 Å². The van der Waals surface area contributed by atoms with E-state index in [4.69, 9.17) is 5.11 Å². The zero-order chi connectivity index (χ0) is 17.0. The summed E-state index contributed by atoms with van der Waals surface area (Å²) in [5.41, 5.74) is 0.929. The number of likely N-dealkylation sites (tertiary alicyclic amines) is 1. The molecule has 128 valence electrons. The van der Waals surface area contributed by atoms with Crippen LogP contribution in [0.3, 0.4) is 0 Å². The summed E-state index contributed by atoms with van der Waals surface area (Å²) in [5, 5.41) is 18.6. The van der Waals surface area contributed by atoms with E-state index < -0.39 is 0 Å². The molecule has 1 aliphatic heterocycles. The molecule has 6 heteroatoms. The number of hydrogen-bond donors (Lipinski definition) is 2. The molecule has 0 bridgehead atoms. The van der Waals surface area contributed by atoms with Crippen LogP contribution >= 0.6 is 0 Å². The van der Waals surface area contributed by atoms with Crippen molar-refractivity contribution in [3.8, 4) is 0 Å². The summed E-state index contributed by atoms with van der Waals surface area (Å²) in [6, 6.07) is 4.38. The van der Waals surface area contributed by atoms with Crippen molar-refractivity contribution in [3.63, 3.8) is 0 Å². The summed E-state index contributed by atoms with van der Waals surface area (Å²) in [6.07, 6.45) is 0. The maximum atomic E-state index is 13.4. The molecule has 0 spiro atoms. The summed E-state index contributed by atoms with van der Waals surface area (Å²) >= 11 is 0. The molecule has 2 atom stereocenters. The van der Waals surface area contributed by atoms with Gasteiger partial charge in [-0.1, -0.05) is 0 Å². The van der Waals surface area contributed by atoms with Crippen molar-refractivity contribution < 1.29 is 19.4 Å². The number of halogens is 1. The fourth-order valence-corrected chi connectivity index (χ4v) is 3.14. The molecule has 1 heterocycles. The van der Waals surface area contributed by atoms with Crippen LogP contribution in [0.4, 0.5) is 4.39 Å². The molecule has 2 unspecified atom stereocenters. The Kier molecular flexibility index (Phi) is 6.10. The monoisotopic (exact) mass is 324 g/mol. The largest absolute Gasteiger partial charge is 0.396 e. The first kappa shape index (κ1) is 17.8. The topological polar surface area (TPSA) is 64.0 Å². The number of carbonyl (C=O) groups excluding carboxylic acids is 1. The minimum absolute atomic E-state index is 0.0293. The molecule has 23 heavy (non-hydrogen) atoms. The summed E-state index contributed by atoms with van der Waals surface area (Å²) in [6.45, 7) is 4.12. The first-order valence-corrected chi connectivity index (χ1v) is 7.92. The van der Waals surface area contributed by atoms with Crippen LogP contribution in [0.1, 0.15) is 15.9 Å². The number of rotatable bonds is 6. The van der Waals surface area contributed by atoms with E-state index in [1.54, 1.807) is 17.9 Å². The quantitative estimate of drug-likeness (QED) is 0.810. The lowest BCUT2D eigenvalue weighted by molar-refractivity contribution is 0.0778. The minimum atomic E-state index is -0.320. The summed E-state index contributed by atoms with van der Waals surface area (Å²) in [7, 11) is 1.92. The van der Waals surface area contributed by atoms with E-state index >= 15 is 0 Å². The molecule has 0 aliphatic carbocycles. The van der Waals surface area contributed by atoms with Crippen molar-refractivity contribution in [2.24, 2.45) is 11.8 Å². The van der Waals surface area contributed by atoms with Gasteiger partial charge in [0.2, 0.25) is 0 Å². The van der Waals surface area contributed by atoms with Crippen LogP contribution < -0.4 is 0 Å². The first-order valence-electron chi connectivity index (χ1n) is 7.92. The van der Waals surface area contributed by atoms with Crippen LogP contribution in [0.5, 0.6) is 0 Å². The van der Waals surface area contributed by atoms with Gasteiger partial charge in [0.25, 0.3) is 5.91 Å². The van der Waals surface area contributed by atoms with Crippen molar-refractivity contribution in [1.29, 1.82) is 0 Å². The van der Waals surface area contributed by atoms with E-state index in [1.165, 1.54) is 12.1 Å². The normalized spacial score (nSPS) is 21.2. The second-order valence-corrected chi connectivity index (χ2v) is 6.36. The van der Waals surface area contributed by atoms with Gasteiger partial charge in [-0.15, -0.1) is 0 Å². The number of likely N-dealkylation sites (N-methyl/N-ethyl adjacent to an activating group) is 1. The number of nitrogens with zero attached hydrogens (tertiary/aromatic N) is 2. The first-order chi connectivity index (χ1) is 11.0. The van der Waals surface area contributed by atoms with Gasteiger partial charge in [0, 0.05) is 44.3 Å². The Labute approximate surface area is 136 Å². The highest BCUT2D eigenvalue weighted by molar-refractivity contribution is 5.94. The highest BCUT2D eigenvalue weighted by Crippen LogP contribution is 2.25. The van der Waals surface area contributed by atoms with E-state index in [0.717, 1.165) is 6.54 Å². The van der Waals surface area contributed by atoms with Crippen LogP contribution in [0.2, 0.25) is 0 Å². The smallest absolute Gasteiger partial charge is 0.253 e. The van der Waals surface area contributed by atoms with E-state index in [9.17, 15) is 14.3 Å². The SMILES string of the molecule is Cc1cc(C(=O)N2CC(CO)C(CN(C)CCO)C2)ccc1F. The maximum absolute atomic E-state index is 13.4. The minimum Gasteiger partial charge on any atom is -0.396 e. The third kappa shape index (κ3) is 4.28. The molecule has 2 N–H and O–H groups in total. The zero-order valence-corrected chi connectivity index (χ0v) is 13.7. The van der Waals surface area contributed by atoms with Gasteiger partial charge in [-0.25, -0.2) is 4.39 Å². The number of benzene rings is 1. The standard InChI is InChI=1S/C17H25FN2O3/c1-12-7-13(3-4-16(12)18)17(23)20-9-14(15(10-20)11-22)8-19(2)5-6-21/h3-4,7,14-15,21-22H,5-6,8-11H2,1-2H3. The lowest BCUT2D eigenvalue weighted by Crippen LogP contribution is -2.33. The highest BCUT2D eigenvalue weighted by Gasteiger charge is 2.35. The summed E-state index contributed by atoms with van der Waals surface area (Å²) in [5.74, 6) is -0.248. The molecule has 2 rings (SSSR count). The van der Waals surface area contributed by atoms with Gasteiger partial charge in [-0.3, -0.25) is 4.79 Å². The predicted molar refractivity (Wildman–Crippen MR) is 85.7 cm³/mol. The summed E-state index contributed by atoms with van der Waals surface area (Å²) < 4.78 is 13.4. The van der Waals surface area contributed by atoms with Gasteiger partial charge >= 0.3 is 0 Å². The molecule has 1 aromatic carbocycles. The third-order valence-electron chi connectivity index (χ3n) is 4.53. The van der Waals surface area contributed by atoms with Crippen LogP contribution in [-0.2, 0) is 0 Å². The molecular weight excluding hydrogens is 299 g/mol. The van der Waals surface area contributed by atoms with Crippen LogP contribution in [-0.4, -0.2) is 72.4 Å². The Morgan fingerprint density at radius 3 is 2.65 bits per heavy atom. The van der Waals surface area contributed by atoms with Gasteiger partial charge in [0.05, 0.1) is 6.61 Å². The molecule has 1 aromatic rings. The number of aliphatic hydroxyl groups is 2. The average molecular weight is 324 g/mol. The molecule has 1 fully saturated rings. The molecule has 1 saturated heterocycles. The second kappa shape index (κ2) is 7.86. The molecule has 5 nitrogen and oxygen atoms in total. The van der Waals surface area contributed by atoms with Gasteiger partial charge in [0.15, 0.2) is 0 Å². The van der Waals surface area contributed by atoms with Crippen molar-refractivity contribution in [1.82, 2.24) is 9.80 Å². The van der Waals surface area contributed by atoms with Crippen LogP contribution in [0.25, 0.3) is 0 Å². The van der Waals surface area contributed by atoms with Gasteiger partial charge in [-0.2, -0.15) is 0 Å². The molecular formula is C17H25FN2O3.